The van der Waals surface area contributed by atoms with E-state index in [1.165, 1.54) is 13.8 Å². The number of aryl methyl sites for hydroxylation is 1. The van der Waals surface area contributed by atoms with Crippen LogP contribution in [0, 0.1) is 6.92 Å². The molecule has 2 aromatic heterocycles. The number of hydrogen-bond donors (Lipinski definition) is 3. The summed E-state index contributed by atoms with van der Waals surface area (Å²) in [6.07, 6.45) is -7.24. The van der Waals surface area contributed by atoms with Gasteiger partial charge in [0.05, 0.1) is 16.7 Å². The average Bonchev–Trinajstić information content (AvgIpc) is 2.98. The van der Waals surface area contributed by atoms with Crippen molar-refractivity contribution >= 4 is 23.1 Å². The molecule has 0 aliphatic carbocycles. The lowest BCUT2D eigenvalue weighted by molar-refractivity contribution is -0.115. The van der Waals surface area contributed by atoms with E-state index < -0.39 is 36.7 Å². The van der Waals surface area contributed by atoms with Crippen molar-refractivity contribution in [3.05, 3.63) is 28.5 Å². The van der Waals surface area contributed by atoms with Crippen LogP contribution in [0.1, 0.15) is 34.4 Å². The van der Waals surface area contributed by atoms with Gasteiger partial charge in [0, 0.05) is 23.9 Å². The fourth-order valence-electron chi connectivity index (χ4n) is 2.19. The topological polar surface area (TPSA) is 87.1 Å². The van der Waals surface area contributed by atoms with E-state index in [0.29, 0.717) is 5.69 Å². The molecule has 0 aliphatic rings. The van der Waals surface area contributed by atoms with Crippen LogP contribution in [-0.4, -0.2) is 46.4 Å². The molecule has 0 aliphatic heterocycles. The number of nitrogens with zero attached hydrogens (tertiary/aromatic N) is 2. The molecule has 0 fully saturated rings. The zero-order valence-corrected chi connectivity index (χ0v) is 15.6. The minimum Gasteiger partial charge on any atom is -0.392 e. The van der Waals surface area contributed by atoms with Gasteiger partial charge in [-0.2, -0.15) is 13.2 Å². The number of alkyl halides is 5. The summed E-state index contributed by atoms with van der Waals surface area (Å²) in [6.45, 7) is 1.58. The first-order valence-electron chi connectivity index (χ1n) is 8.00. The van der Waals surface area contributed by atoms with E-state index in [4.69, 9.17) is 0 Å². The van der Waals surface area contributed by atoms with Crippen LogP contribution in [0.25, 0.3) is 10.4 Å². The van der Waals surface area contributed by atoms with Crippen molar-refractivity contribution in [2.75, 3.05) is 18.4 Å². The largest absolute Gasteiger partial charge is 0.405 e. The highest BCUT2D eigenvalue weighted by atomic mass is 32.1. The van der Waals surface area contributed by atoms with E-state index in [2.05, 4.69) is 15.3 Å². The molecular formula is C16H17F5N4O2S. The summed E-state index contributed by atoms with van der Waals surface area (Å²) in [7, 11) is 0. The molecule has 12 heteroatoms. The van der Waals surface area contributed by atoms with Crippen molar-refractivity contribution in [1.29, 1.82) is 0 Å². The van der Waals surface area contributed by atoms with Crippen molar-refractivity contribution < 1.29 is 31.9 Å². The maximum atomic E-state index is 13.5. The molecule has 3 N–H and O–H groups in total. The number of aliphatic hydroxyl groups excluding tert-OH is 1. The smallest absolute Gasteiger partial charge is 0.392 e. The van der Waals surface area contributed by atoms with Crippen LogP contribution >= 0.6 is 11.3 Å². The third-order valence-corrected chi connectivity index (χ3v) is 4.62. The summed E-state index contributed by atoms with van der Waals surface area (Å²) in [4.78, 5) is 20.1. The van der Waals surface area contributed by atoms with Crippen LogP contribution in [0.4, 0.5) is 27.8 Å². The number of pyridine rings is 1. The van der Waals surface area contributed by atoms with E-state index in [1.807, 2.05) is 5.32 Å². The van der Waals surface area contributed by atoms with Gasteiger partial charge < -0.3 is 15.7 Å². The van der Waals surface area contributed by atoms with Crippen LogP contribution in [0.5, 0.6) is 0 Å². The molecule has 0 saturated heterocycles. The van der Waals surface area contributed by atoms with E-state index in [1.54, 1.807) is 0 Å². The highest BCUT2D eigenvalue weighted by Gasteiger charge is 2.27. The highest BCUT2D eigenvalue weighted by molar-refractivity contribution is 7.17. The normalized spacial score (nSPS) is 12.9. The second-order valence-electron chi connectivity index (χ2n) is 5.92. The molecule has 0 saturated carbocycles. The molecule has 28 heavy (non-hydrogen) atoms. The molecule has 0 bridgehead atoms. The van der Waals surface area contributed by atoms with Gasteiger partial charge in [0.25, 0.3) is 12.3 Å². The van der Waals surface area contributed by atoms with Gasteiger partial charge >= 0.3 is 6.18 Å². The van der Waals surface area contributed by atoms with Gasteiger partial charge in [0.15, 0.2) is 5.01 Å². The highest BCUT2D eigenvalue weighted by Crippen LogP contribution is 2.37. The molecule has 154 valence electrons. The fourth-order valence-corrected chi connectivity index (χ4v) is 3.20. The number of halogens is 5. The predicted molar refractivity (Wildman–Crippen MR) is 93.6 cm³/mol. The third-order valence-electron chi connectivity index (χ3n) is 3.43. The molecule has 6 nitrogen and oxygen atoms in total. The molecule has 0 spiro atoms. The molecule has 1 atom stereocenters. The lowest BCUT2D eigenvalue weighted by atomic mass is 10.1. The quantitative estimate of drug-likeness (QED) is 0.592. The minimum absolute atomic E-state index is 0.00376. The lowest BCUT2D eigenvalue weighted by Crippen LogP contribution is -2.30. The van der Waals surface area contributed by atoms with Crippen molar-refractivity contribution in [2.45, 2.75) is 32.6 Å². The maximum absolute atomic E-state index is 13.5. The number of nitrogens with one attached hydrogen (secondary N) is 2. The number of anilines is 1. The summed E-state index contributed by atoms with van der Waals surface area (Å²) in [5.41, 5.74) is -0.244. The molecule has 0 aromatic carbocycles. The third kappa shape index (κ3) is 5.83. The number of aliphatic hydroxyl groups is 1. The standard InChI is InChI=1S/C16H17F5N4O2S/c1-7(26)4-23-14(27)15-25-8(2)12(28-15)10-5-22-11(3-9(10)13(17)18)24-6-16(19,20)21/h3,5,7,13,26H,4,6H2,1-2H3,(H,22,24)(H,23,27). The molecular weight excluding hydrogens is 407 g/mol. The Labute approximate surface area is 160 Å². The SMILES string of the molecule is Cc1nc(C(=O)NCC(C)O)sc1-c1cnc(NCC(F)(F)F)cc1C(F)F. The maximum Gasteiger partial charge on any atom is 0.405 e. The summed E-state index contributed by atoms with van der Waals surface area (Å²) < 4.78 is 63.8. The van der Waals surface area contributed by atoms with E-state index in [0.717, 1.165) is 23.6 Å². The van der Waals surface area contributed by atoms with Gasteiger partial charge in [-0.3, -0.25) is 4.79 Å². The van der Waals surface area contributed by atoms with Gasteiger partial charge in [0.1, 0.15) is 12.4 Å². The van der Waals surface area contributed by atoms with E-state index >= 15 is 0 Å². The first-order valence-corrected chi connectivity index (χ1v) is 8.82. The Morgan fingerprint density at radius 2 is 2.04 bits per heavy atom. The van der Waals surface area contributed by atoms with Crippen LogP contribution in [-0.2, 0) is 0 Å². The molecule has 1 unspecified atom stereocenters. The van der Waals surface area contributed by atoms with E-state index in [-0.39, 0.29) is 27.8 Å². The Balaban J connectivity index is 2.32. The fraction of sp³-hybridized carbons (Fsp3) is 0.438. The minimum atomic E-state index is -4.52. The van der Waals surface area contributed by atoms with Crippen molar-refractivity contribution in [3.63, 3.8) is 0 Å². The van der Waals surface area contributed by atoms with Crippen LogP contribution in [0.15, 0.2) is 12.3 Å². The van der Waals surface area contributed by atoms with Crippen LogP contribution < -0.4 is 10.6 Å². The second-order valence-corrected chi connectivity index (χ2v) is 6.92. The summed E-state index contributed by atoms with van der Waals surface area (Å²) in [5.74, 6) is -0.913. The number of rotatable bonds is 7. The summed E-state index contributed by atoms with van der Waals surface area (Å²) in [6, 6.07) is 0.845. The Hall–Kier alpha value is -2.34. The zero-order chi connectivity index (χ0) is 21.1. The number of hydrogen-bond acceptors (Lipinski definition) is 6. The van der Waals surface area contributed by atoms with Crippen LogP contribution in [0.2, 0.25) is 0 Å². The number of thiazole rings is 1. The van der Waals surface area contributed by atoms with Crippen molar-refractivity contribution in [3.8, 4) is 10.4 Å². The number of amides is 1. The van der Waals surface area contributed by atoms with Crippen molar-refractivity contribution in [2.24, 2.45) is 0 Å². The van der Waals surface area contributed by atoms with Gasteiger partial charge in [0.2, 0.25) is 0 Å². The molecule has 2 heterocycles. The lowest BCUT2D eigenvalue weighted by Gasteiger charge is -2.12. The number of carbonyl (C=O) groups is 1. The van der Waals surface area contributed by atoms with Crippen molar-refractivity contribution in [1.82, 2.24) is 15.3 Å². The number of aromatic nitrogens is 2. The Kier molecular flexibility index (Phi) is 6.88. The summed E-state index contributed by atoms with van der Waals surface area (Å²) >= 11 is 0.849. The first kappa shape index (κ1) is 22.0. The monoisotopic (exact) mass is 424 g/mol. The molecule has 1 amide bonds. The first-order chi connectivity index (χ1) is 13.0. The second kappa shape index (κ2) is 8.78. The Morgan fingerprint density at radius 3 is 2.61 bits per heavy atom. The van der Waals surface area contributed by atoms with Crippen LogP contribution in [0.3, 0.4) is 0 Å². The zero-order valence-electron chi connectivity index (χ0n) is 14.8. The average molecular weight is 424 g/mol. The summed E-state index contributed by atoms with van der Waals surface area (Å²) in [5, 5.41) is 13.6. The molecule has 0 radical (unpaired) electrons. The molecule has 2 aromatic rings. The van der Waals surface area contributed by atoms with Gasteiger partial charge in [-0.15, -0.1) is 11.3 Å². The predicted octanol–water partition coefficient (Wildman–Crippen LogP) is 3.54. The number of carbonyl (C=O) groups excluding carboxylic acids is 1. The van der Waals surface area contributed by atoms with Gasteiger partial charge in [-0.25, -0.2) is 18.7 Å². The Bertz CT molecular complexity index is 839. The van der Waals surface area contributed by atoms with Gasteiger partial charge in [-0.1, -0.05) is 0 Å². The molecule has 2 rings (SSSR count). The Morgan fingerprint density at radius 1 is 1.36 bits per heavy atom. The van der Waals surface area contributed by atoms with Gasteiger partial charge in [-0.05, 0) is 19.9 Å². The van der Waals surface area contributed by atoms with E-state index in [9.17, 15) is 31.9 Å².